The first-order chi connectivity index (χ1) is 9.62. The molecule has 21 heavy (non-hydrogen) atoms. The molecule has 0 aromatic heterocycles. The Balaban J connectivity index is 3.44. The van der Waals surface area contributed by atoms with Gasteiger partial charge in [-0.2, -0.15) is 17.0 Å². The first kappa shape index (κ1) is 17.5. The number of hydrogen-bond acceptors (Lipinski definition) is 4. The van der Waals surface area contributed by atoms with E-state index in [2.05, 4.69) is 4.74 Å². The Kier molecular flexibility index (Phi) is 5.37. The number of halogens is 2. The van der Waals surface area contributed by atoms with Crippen molar-refractivity contribution in [2.24, 2.45) is 0 Å². The fourth-order valence-corrected chi connectivity index (χ4v) is 2.68. The van der Waals surface area contributed by atoms with E-state index < -0.39 is 39.4 Å². The highest BCUT2D eigenvalue weighted by Gasteiger charge is 2.37. The van der Waals surface area contributed by atoms with Gasteiger partial charge in [-0.25, -0.2) is 13.6 Å². The van der Waals surface area contributed by atoms with Gasteiger partial charge in [0, 0.05) is 26.7 Å². The minimum absolute atomic E-state index is 0.422. The fraction of sp³-hybridized carbons (Fsp3) is 0.417. The van der Waals surface area contributed by atoms with Gasteiger partial charge in [-0.05, 0) is 18.2 Å². The molecular formula is C12H16F2N2O4S. The Labute approximate surface area is 122 Å². The highest BCUT2D eigenvalue weighted by Crippen LogP contribution is 2.27. The summed E-state index contributed by atoms with van der Waals surface area (Å²) in [6, 6.07) is 0.821. The third kappa shape index (κ3) is 3.55. The number of nitrogens with zero attached hydrogens (tertiary/aromatic N) is 2. The summed E-state index contributed by atoms with van der Waals surface area (Å²) in [7, 11) is 0.587. The maximum atomic E-state index is 13.9. The van der Waals surface area contributed by atoms with Gasteiger partial charge in [-0.1, -0.05) is 0 Å². The fourth-order valence-electron chi connectivity index (χ4n) is 1.70. The Morgan fingerprint density at radius 3 is 2.29 bits per heavy atom. The summed E-state index contributed by atoms with van der Waals surface area (Å²) in [6.07, 6.45) is 0. The Hall–Kier alpha value is -1.58. The molecule has 6 nitrogen and oxygen atoms in total. The number of benzene rings is 1. The van der Waals surface area contributed by atoms with Crippen LogP contribution in [0.3, 0.4) is 0 Å². The smallest absolute Gasteiger partial charge is 0.328 e. The van der Waals surface area contributed by atoms with Crippen LogP contribution in [0.4, 0.5) is 8.78 Å². The number of likely N-dealkylation sites (N-methyl/N-ethyl adjacent to an activating group) is 1. The second kappa shape index (κ2) is 6.46. The summed E-state index contributed by atoms with van der Waals surface area (Å²) in [5, 5.41) is 0. The molecule has 0 aliphatic carbocycles. The molecule has 9 heteroatoms. The normalized spacial score (nSPS) is 13.5. The number of ether oxygens (including phenoxy) is 1. The minimum Gasteiger partial charge on any atom is -0.468 e. The summed E-state index contributed by atoms with van der Waals surface area (Å²) in [5.74, 6) is -2.73. The van der Waals surface area contributed by atoms with Crippen molar-refractivity contribution in [3.8, 4) is 0 Å². The van der Waals surface area contributed by atoms with Crippen LogP contribution in [-0.4, -0.2) is 51.3 Å². The van der Waals surface area contributed by atoms with Gasteiger partial charge in [-0.15, -0.1) is 0 Å². The third-order valence-corrected chi connectivity index (χ3v) is 4.73. The lowest BCUT2D eigenvalue weighted by Crippen LogP contribution is -2.43. The zero-order valence-corrected chi connectivity index (χ0v) is 12.8. The van der Waals surface area contributed by atoms with Crippen LogP contribution in [0.25, 0.3) is 0 Å². The topological polar surface area (TPSA) is 66.9 Å². The summed E-state index contributed by atoms with van der Waals surface area (Å²) in [4.78, 5) is 11.9. The minimum atomic E-state index is -4.03. The van der Waals surface area contributed by atoms with Gasteiger partial charge in [0.1, 0.15) is 11.6 Å². The summed E-state index contributed by atoms with van der Waals surface area (Å²) < 4.78 is 57.3. The molecule has 0 heterocycles. The van der Waals surface area contributed by atoms with Crippen molar-refractivity contribution in [2.45, 2.75) is 6.04 Å². The van der Waals surface area contributed by atoms with Gasteiger partial charge in [0.2, 0.25) is 0 Å². The predicted octanol–water partition coefficient (Wildman–Crippen LogP) is 0.917. The molecule has 118 valence electrons. The number of carbonyl (C=O) groups excluding carboxylic acids is 1. The standard InChI is InChI=1S/C12H16F2N2O4S/c1-15(2)21(18,19)16(3)11(12(17)20-4)9-7-8(13)5-6-10(9)14/h5-7,11H,1-4H3. The van der Waals surface area contributed by atoms with Crippen molar-refractivity contribution in [1.82, 2.24) is 8.61 Å². The summed E-state index contributed by atoms with van der Waals surface area (Å²) in [6.45, 7) is 0. The molecular weight excluding hydrogens is 306 g/mol. The van der Waals surface area contributed by atoms with Crippen LogP contribution in [0.1, 0.15) is 11.6 Å². The Morgan fingerprint density at radius 1 is 1.24 bits per heavy atom. The lowest BCUT2D eigenvalue weighted by Gasteiger charge is -2.28. The van der Waals surface area contributed by atoms with E-state index in [9.17, 15) is 22.0 Å². The van der Waals surface area contributed by atoms with E-state index in [4.69, 9.17) is 0 Å². The molecule has 0 amide bonds. The van der Waals surface area contributed by atoms with Gasteiger partial charge in [-0.3, -0.25) is 0 Å². The molecule has 1 rings (SSSR count). The van der Waals surface area contributed by atoms with E-state index in [0.29, 0.717) is 4.31 Å². The molecule has 0 fully saturated rings. The lowest BCUT2D eigenvalue weighted by molar-refractivity contribution is -0.145. The molecule has 0 N–H and O–H groups in total. The van der Waals surface area contributed by atoms with Crippen molar-refractivity contribution in [1.29, 1.82) is 0 Å². The van der Waals surface area contributed by atoms with Gasteiger partial charge >= 0.3 is 5.97 Å². The van der Waals surface area contributed by atoms with Crippen molar-refractivity contribution >= 4 is 16.2 Å². The monoisotopic (exact) mass is 322 g/mol. The SMILES string of the molecule is COC(=O)C(c1cc(F)ccc1F)N(C)S(=O)(=O)N(C)C. The van der Waals surface area contributed by atoms with E-state index in [0.717, 1.165) is 36.7 Å². The van der Waals surface area contributed by atoms with Crippen molar-refractivity contribution in [3.05, 3.63) is 35.4 Å². The molecule has 1 aromatic carbocycles. The highest BCUT2D eigenvalue weighted by atomic mass is 32.2. The number of methoxy groups -OCH3 is 1. The molecule has 0 spiro atoms. The van der Waals surface area contributed by atoms with Crippen LogP contribution >= 0.6 is 0 Å². The van der Waals surface area contributed by atoms with Crippen LogP contribution in [0.2, 0.25) is 0 Å². The van der Waals surface area contributed by atoms with E-state index in [1.54, 1.807) is 0 Å². The Morgan fingerprint density at radius 2 is 1.81 bits per heavy atom. The average molecular weight is 322 g/mol. The summed E-state index contributed by atoms with van der Waals surface area (Å²) in [5.41, 5.74) is -0.422. The summed E-state index contributed by atoms with van der Waals surface area (Å²) >= 11 is 0. The molecule has 0 radical (unpaired) electrons. The maximum Gasteiger partial charge on any atom is 0.328 e. The van der Waals surface area contributed by atoms with E-state index in [1.165, 1.54) is 14.1 Å². The molecule has 0 saturated heterocycles. The van der Waals surface area contributed by atoms with Gasteiger partial charge in [0.05, 0.1) is 7.11 Å². The van der Waals surface area contributed by atoms with Crippen molar-refractivity contribution in [3.63, 3.8) is 0 Å². The largest absolute Gasteiger partial charge is 0.468 e. The first-order valence-electron chi connectivity index (χ1n) is 5.81. The van der Waals surface area contributed by atoms with Gasteiger partial charge in [0.15, 0.2) is 6.04 Å². The highest BCUT2D eigenvalue weighted by molar-refractivity contribution is 7.86. The van der Waals surface area contributed by atoms with Crippen LogP contribution < -0.4 is 0 Å². The second-order valence-corrected chi connectivity index (χ2v) is 6.60. The maximum absolute atomic E-state index is 13.9. The van der Waals surface area contributed by atoms with Gasteiger partial charge < -0.3 is 4.74 Å². The second-order valence-electron chi connectivity index (χ2n) is 4.40. The van der Waals surface area contributed by atoms with Gasteiger partial charge in [0.25, 0.3) is 10.2 Å². The van der Waals surface area contributed by atoms with E-state index >= 15 is 0 Å². The number of rotatable bonds is 5. The molecule has 0 aliphatic heterocycles. The first-order valence-corrected chi connectivity index (χ1v) is 7.21. The van der Waals surface area contributed by atoms with Crippen LogP contribution in [0.5, 0.6) is 0 Å². The van der Waals surface area contributed by atoms with Crippen molar-refractivity contribution in [2.75, 3.05) is 28.3 Å². The Bertz CT molecular complexity index is 634. The number of hydrogen-bond donors (Lipinski definition) is 0. The van der Waals surface area contributed by atoms with E-state index in [-0.39, 0.29) is 0 Å². The third-order valence-electron chi connectivity index (χ3n) is 2.87. The van der Waals surface area contributed by atoms with Crippen molar-refractivity contribution < 1.29 is 26.7 Å². The molecule has 0 saturated carbocycles. The number of esters is 1. The zero-order chi connectivity index (χ0) is 16.4. The molecule has 0 aliphatic rings. The number of carbonyl (C=O) groups is 1. The van der Waals surface area contributed by atoms with Crippen LogP contribution in [-0.2, 0) is 19.7 Å². The molecule has 1 atom stereocenters. The van der Waals surface area contributed by atoms with Crippen LogP contribution in [0.15, 0.2) is 18.2 Å². The van der Waals surface area contributed by atoms with E-state index in [1.807, 2.05) is 0 Å². The predicted molar refractivity (Wildman–Crippen MR) is 71.5 cm³/mol. The molecule has 0 bridgehead atoms. The van der Waals surface area contributed by atoms with Crippen LogP contribution in [0, 0.1) is 11.6 Å². The zero-order valence-electron chi connectivity index (χ0n) is 12.0. The lowest BCUT2D eigenvalue weighted by atomic mass is 10.1. The molecule has 1 aromatic rings. The quantitative estimate of drug-likeness (QED) is 0.756. The average Bonchev–Trinajstić information content (AvgIpc) is 2.42. The molecule has 1 unspecified atom stereocenters.